The van der Waals surface area contributed by atoms with Gasteiger partial charge in [0.05, 0.1) is 6.61 Å². The minimum absolute atomic E-state index is 0.395. The molecule has 2 atom stereocenters. The molecule has 0 bridgehead atoms. The van der Waals surface area contributed by atoms with E-state index in [2.05, 4.69) is 36.3 Å². The van der Waals surface area contributed by atoms with Gasteiger partial charge in [-0.05, 0) is 50.6 Å². The van der Waals surface area contributed by atoms with Gasteiger partial charge < -0.3 is 15.0 Å². The summed E-state index contributed by atoms with van der Waals surface area (Å²) in [6, 6.07) is 9.20. The zero-order valence-electron chi connectivity index (χ0n) is 13.1. The Labute approximate surface area is 133 Å². The number of likely N-dealkylation sites (N-methyl/N-ethyl adjacent to an activating group) is 1. The molecule has 4 heteroatoms. The van der Waals surface area contributed by atoms with E-state index in [0.29, 0.717) is 12.1 Å². The molecule has 1 aromatic carbocycles. The highest BCUT2D eigenvalue weighted by Crippen LogP contribution is 2.21. The molecule has 1 aliphatic rings. The maximum Gasteiger partial charge on any atom is 0.0622 e. The molecule has 0 radical (unpaired) electrons. The summed E-state index contributed by atoms with van der Waals surface area (Å²) in [5.41, 5.74) is 1.32. The lowest BCUT2D eigenvalue weighted by molar-refractivity contribution is 0.156. The van der Waals surface area contributed by atoms with Crippen LogP contribution in [0, 0.1) is 0 Å². The Kier molecular flexibility index (Phi) is 6.97. The van der Waals surface area contributed by atoms with E-state index < -0.39 is 0 Å². The molecule has 3 nitrogen and oxygen atoms in total. The predicted molar refractivity (Wildman–Crippen MR) is 89.0 cm³/mol. The van der Waals surface area contributed by atoms with Crippen molar-refractivity contribution in [2.75, 3.05) is 33.4 Å². The molecular weight excluding hydrogens is 284 g/mol. The van der Waals surface area contributed by atoms with Crippen molar-refractivity contribution in [3.63, 3.8) is 0 Å². The summed E-state index contributed by atoms with van der Waals surface area (Å²) in [5.74, 6) is 0. The monoisotopic (exact) mass is 310 g/mol. The Morgan fingerprint density at radius 1 is 1.38 bits per heavy atom. The lowest BCUT2D eigenvalue weighted by atomic mass is 10.0. The minimum atomic E-state index is 0.395. The first-order chi connectivity index (χ1) is 10.2. The smallest absolute Gasteiger partial charge is 0.0622 e. The van der Waals surface area contributed by atoms with Gasteiger partial charge in [-0.3, -0.25) is 0 Å². The lowest BCUT2D eigenvalue weighted by Crippen LogP contribution is -2.35. The van der Waals surface area contributed by atoms with Crippen molar-refractivity contribution >= 4 is 11.6 Å². The second-order valence-electron chi connectivity index (χ2n) is 5.84. The highest BCUT2D eigenvalue weighted by atomic mass is 35.5. The third-order valence-electron chi connectivity index (χ3n) is 4.21. The van der Waals surface area contributed by atoms with Crippen LogP contribution < -0.4 is 5.32 Å². The number of halogens is 1. The Bertz CT molecular complexity index is 404. The van der Waals surface area contributed by atoms with Crippen LogP contribution in [0.5, 0.6) is 0 Å². The second-order valence-corrected chi connectivity index (χ2v) is 6.28. The van der Waals surface area contributed by atoms with E-state index in [1.165, 1.54) is 5.56 Å². The maximum absolute atomic E-state index is 5.99. The summed E-state index contributed by atoms with van der Waals surface area (Å²) in [6.45, 7) is 6.11. The number of ether oxygens (including phenoxy) is 1. The van der Waals surface area contributed by atoms with Crippen LogP contribution in [0.3, 0.4) is 0 Å². The van der Waals surface area contributed by atoms with Crippen molar-refractivity contribution in [1.29, 1.82) is 0 Å². The Morgan fingerprint density at radius 3 is 2.76 bits per heavy atom. The molecule has 1 fully saturated rings. The second kappa shape index (κ2) is 8.74. The van der Waals surface area contributed by atoms with Gasteiger partial charge in [0, 0.05) is 30.3 Å². The van der Waals surface area contributed by atoms with Crippen LogP contribution in [-0.4, -0.2) is 44.3 Å². The number of rotatable bonds is 8. The number of nitrogens with zero attached hydrogens (tertiary/aromatic N) is 1. The van der Waals surface area contributed by atoms with E-state index in [1.807, 2.05) is 12.1 Å². The number of hydrogen-bond acceptors (Lipinski definition) is 3. The van der Waals surface area contributed by atoms with Gasteiger partial charge in [-0.2, -0.15) is 0 Å². The normalized spacial score (nSPS) is 20.1. The first-order valence-electron chi connectivity index (χ1n) is 7.97. The standard InChI is InChI=1S/C17H27ClN2O/c1-3-10-19-17(14-4-6-15(18)7-5-14)8-11-20(2)16-9-12-21-13-16/h4-7,16-17,19H,3,8-13H2,1-2H3. The summed E-state index contributed by atoms with van der Waals surface area (Å²) >= 11 is 5.99. The van der Waals surface area contributed by atoms with Crippen molar-refractivity contribution < 1.29 is 4.74 Å². The molecule has 0 spiro atoms. The van der Waals surface area contributed by atoms with Crippen molar-refractivity contribution in [3.05, 3.63) is 34.9 Å². The van der Waals surface area contributed by atoms with Gasteiger partial charge in [0.2, 0.25) is 0 Å². The van der Waals surface area contributed by atoms with E-state index in [4.69, 9.17) is 16.3 Å². The van der Waals surface area contributed by atoms with E-state index in [9.17, 15) is 0 Å². The first kappa shape index (κ1) is 16.8. The molecule has 2 rings (SSSR count). The Morgan fingerprint density at radius 2 is 2.14 bits per heavy atom. The van der Waals surface area contributed by atoms with Crippen molar-refractivity contribution in [3.8, 4) is 0 Å². The fourth-order valence-corrected chi connectivity index (χ4v) is 2.91. The Hall–Kier alpha value is -0.610. The molecule has 1 saturated heterocycles. The molecule has 2 unspecified atom stereocenters. The molecule has 21 heavy (non-hydrogen) atoms. The zero-order chi connectivity index (χ0) is 15.1. The van der Waals surface area contributed by atoms with E-state index in [-0.39, 0.29) is 0 Å². The summed E-state index contributed by atoms with van der Waals surface area (Å²) in [6.07, 6.45) is 3.41. The van der Waals surface area contributed by atoms with Gasteiger partial charge in [-0.15, -0.1) is 0 Å². The van der Waals surface area contributed by atoms with Crippen molar-refractivity contribution in [1.82, 2.24) is 10.2 Å². The van der Waals surface area contributed by atoms with Crippen molar-refractivity contribution in [2.24, 2.45) is 0 Å². The summed E-state index contributed by atoms with van der Waals surface area (Å²) in [4.78, 5) is 2.43. The number of nitrogens with one attached hydrogen (secondary N) is 1. The van der Waals surface area contributed by atoms with Gasteiger partial charge in [0.25, 0.3) is 0 Å². The third kappa shape index (κ3) is 5.26. The zero-order valence-corrected chi connectivity index (χ0v) is 13.9. The van der Waals surface area contributed by atoms with Crippen molar-refractivity contribution in [2.45, 2.75) is 38.3 Å². The third-order valence-corrected chi connectivity index (χ3v) is 4.46. The van der Waals surface area contributed by atoms with E-state index in [1.54, 1.807) is 0 Å². The number of hydrogen-bond donors (Lipinski definition) is 1. The average Bonchev–Trinajstić information content (AvgIpc) is 3.03. The molecule has 118 valence electrons. The summed E-state index contributed by atoms with van der Waals surface area (Å²) in [7, 11) is 2.21. The van der Waals surface area contributed by atoms with Crippen LogP contribution in [0.4, 0.5) is 0 Å². The van der Waals surface area contributed by atoms with Crippen LogP contribution >= 0.6 is 11.6 Å². The topological polar surface area (TPSA) is 24.5 Å². The number of benzene rings is 1. The van der Waals surface area contributed by atoms with Gasteiger partial charge in [0.15, 0.2) is 0 Å². The molecule has 1 N–H and O–H groups in total. The highest BCUT2D eigenvalue weighted by molar-refractivity contribution is 6.30. The van der Waals surface area contributed by atoms with E-state index in [0.717, 1.165) is 50.6 Å². The van der Waals surface area contributed by atoms with Crippen LogP contribution in [0.15, 0.2) is 24.3 Å². The molecule has 0 amide bonds. The highest BCUT2D eigenvalue weighted by Gasteiger charge is 2.21. The SMILES string of the molecule is CCCNC(CCN(C)C1CCOC1)c1ccc(Cl)cc1. The minimum Gasteiger partial charge on any atom is -0.380 e. The quantitative estimate of drug-likeness (QED) is 0.795. The summed E-state index contributed by atoms with van der Waals surface area (Å²) < 4.78 is 5.48. The molecule has 1 heterocycles. The summed E-state index contributed by atoms with van der Waals surface area (Å²) in [5, 5.41) is 4.45. The fourth-order valence-electron chi connectivity index (χ4n) is 2.79. The molecular formula is C17H27ClN2O. The van der Waals surface area contributed by atoms with Crippen LogP contribution in [0.2, 0.25) is 5.02 Å². The van der Waals surface area contributed by atoms with Gasteiger partial charge >= 0.3 is 0 Å². The maximum atomic E-state index is 5.99. The first-order valence-corrected chi connectivity index (χ1v) is 8.35. The van der Waals surface area contributed by atoms with Gasteiger partial charge in [0.1, 0.15) is 0 Å². The fraction of sp³-hybridized carbons (Fsp3) is 0.647. The average molecular weight is 311 g/mol. The van der Waals surface area contributed by atoms with Crippen LogP contribution in [0.1, 0.15) is 37.8 Å². The molecule has 0 aromatic heterocycles. The Balaban J connectivity index is 1.90. The largest absolute Gasteiger partial charge is 0.380 e. The van der Waals surface area contributed by atoms with Gasteiger partial charge in [-0.25, -0.2) is 0 Å². The molecule has 1 aromatic rings. The van der Waals surface area contributed by atoms with Crippen LogP contribution in [-0.2, 0) is 4.74 Å². The molecule has 0 saturated carbocycles. The molecule has 0 aliphatic carbocycles. The van der Waals surface area contributed by atoms with E-state index >= 15 is 0 Å². The lowest BCUT2D eigenvalue weighted by Gasteiger charge is -2.26. The molecule has 1 aliphatic heterocycles. The van der Waals surface area contributed by atoms with Gasteiger partial charge in [-0.1, -0.05) is 30.7 Å². The predicted octanol–water partition coefficient (Wildman–Crippen LogP) is 3.49. The van der Waals surface area contributed by atoms with Crippen LogP contribution in [0.25, 0.3) is 0 Å².